The molecule has 0 unspecified atom stereocenters. The molecule has 1 fully saturated rings. The van der Waals surface area contributed by atoms with Crippen LogP contribution in [0.15, 0.2) is 18.2 Å². The SMILES string of the molecule is CC(C)(CCC(=O)O)NC(=O)Nc1ccc(F)c(-n2nnnc2C2CC2)c1. The molecule has 1 aromatic carbocycles. The molecule has 144 valence electrons. The maximum atomic E-state index is 14.3. The molecular formula is C17H21FN6O3. The Morgan fingerprint density at radius 1 is 1.37 bits per heavy atom. The highest BCUT2D eigenvalue weighted by Gasteiger charge is 2.30. The van der Waals surface area contributed by atoms with Gasteiger partial charge < -0.3 is 15.7 Å². The summed E-state index contributed by atoms with van der Waals surface area (Å²) in [6.07, 6.45) is 2.15. The van der Waals surface area contributed by atoms with Crippen LogP contribution in [0.4, 0.5) is 14.9 Å². The maximum absolute atomic E-state index is 14.3. The number of carboxylic acids is 1. The van der Waals surface area contributed by atoms with Crippen molar-refractivity contribution >= 4 is 17.7 Å². The molecule has 0 bridgehead atoms. The van der Waals surface area contributed by atoms with Crippen molar-refractivity contribution in [2.45, 2.75) is 51.0 Å². The molecule has 0 spiro atoms. The molecule has 2 aromatic rings. The highest BCUT2D eigenvalue weighted by atomic mass is 19.1. The second-order valence-electron chi connectivity index (χ2n) is 7.25. The molecule has 1 aliphatic rings. The molecule has 9 nitrogen and oxygen atoms in total. The van der Waals surface area contributed by atoms with Crippen LogP contribution in [0.5, 0.6) is 0 Å². The van der Waals surface area contributed by atoms with Crippen LogP contribution >= 0.6 is 0 Å². The fraction of sp³-hybridized carbons (Fsp3) is 0.471. The van der Waals surface area contributed by atoms with E-state index in [-0.39, 0.29) is 24.4 Å². The topological polar surface area (TPSA) is 122 Å². The van der Waals surface area contributed by atoms with Gasteiger partial charge in [0.25, 0.3) is 0 Å². The Kier molecular flexibility index (Phi) is 5.06. The third-order valence-corrected chi connectivity index (χ3v) is 4.28. The molecule has 1 aromatic heterocycles. The molecule has 1 aliphatic carbocycles. The summed E-state index contributed by atoms with van der Waals surface area (Å²) in [6, 6.07) is 3.62. The van der Waals surface area contributed by atoms with Crippen LogP contribution in [-0.2, 0) is 4.79 Å². The molecule has 0 atom stereocenters. The highest BCUT2D eigenvalue weighted by Crippen LogP contribution is 2.39. The number of halogens is 1. The van der Waals surface area contributed by atoms with Crippen molar-refractivity contribution in [2.75, 3.05) is 5.32 Å². The monoisotopic (exact) mass is 376 g/mol. The average molecular weight is 376 g/mol. The van der Waals surface area contributed by atoms with Crippen molar-refractivity contribution in [3.05, 3.63) is 29.8 Å². The summed E-state index contributed by atoms with van der Waals surface area (Å²) in [5.74, 6) is -0.599. The fourth-order valence-electron chi connectivity index (χ4n) is 2.67. The quantitative estimate of drug-likeness (QED) is 0.682. The first-order valence-electron chi connectivity index (χ1n) is 8.64. The number of anilines is 1. The van der Waals surface area contributed by atoms with E-state index >= 15 is 0 Å². The molecule has 0 radical (unpaired) electrons. The molecule has 27 heavy (non-hydrogen) atoms. The van der Waals surface area contributed by atoms with E-state index in [4.69, 9.17) is 5.11 Å². The lowest BCUT2D eigenvalue weighted by Gasteiger charge is -2.25. The van der Waals surface area contributed by atoms with Gasteiger partial charge in [-0.3, -0.25) is 4.79 Å². The van der Waals surface area contributed by atoms with E-state index in [2.05, 4.69) is 26.2 Å². The van der Waals surface area contributed by atoms with Gasteiger partial charge in [-0.15, -0.1) is 5.10 Å². The summed E-state index contributed by atoms with van der Waals surface area (Å²) in [5, 5.41) is 25.6. The minimum absolute atomic E-state index is 0.0583. The van der Waals surface area contributed by atoms with Gasteiger partial charge in [0.05, 0.1) is 0 Å². The van der Waals surface area contributed by atoms with Crippen molar-refractivity contribution in [2.24, 2.45) is 0 Å². The predicted octanol–water partition coefficient (Wildman–Crippen LogP) is 2.44. The Labute approximate surface area is 154 Å². The smallest absolute Gasteiger partial charge is 0.319 e. The van der Waals surface area contributed by atoms with Gasteiger partial charge in [-0.1, -0.05) is 0 Å². The lowest BCUT2D eigenvalue weighted by atomic mass is 9.99. The van der Waals surface area contributed by atoms with Gasteiger partial charge in [0.1, 0.15) is 11.5 Å². The number of urea groups is 1. The Morgan fingerprint density at radius 2 is 2.11 bits per heavy atom. The van der Waals surface area contributed by atoms with E-state index < -0.39 is 23.4 Å². The van der Waals surface area contributed by atoms with E-state index in [1.165, 1.54) is 22.9 Å². The highest BCUT2D eigenvalue weighted by molar-refractivity contribution is 5.90. The van der Waals surface area contributed by atoms with E-state index in [1.54, 1.807) is 13.8 Å². The number of hydrogen-bond acceptors (Lipinski definition) is 5. The van der Waals surface area contributed by atoms with Crippen LogP contribution in [-0.4, -0.2) is 42.9 Å². The second-order valence-corrected chi connectivity index (χ2v) is 7.25. The molecule has 2 amide bonds. The second kappa shape index (κ2) is 7.29. The number of carbonyl (C=O) groups is 2. The standard InChI is InChI=1S/C17H21FN6O3/c1-17(2,8-7-14(25)26)20-16(27)19-11-5-6-12(18)13(9-11)24-15(10-3-4-10)21-22-23-24/h5-6,9-10H,3-4,7-8H2,1-2H3,(H,25,26)(H2,19,20,27). The van der Waals surface area contributed by atoms with Crippen LogP contribution in [0.25, 0.3) is 5.69 Å². The summed E-state index contributed by atoms with van der Waals surface area (Å²) in [7, 11) is 0. The summed E-state index contributed by atoms with van der Waals surface area (Å²) in [4.78, 5) is 22.9. The van der Waals surface area contributed by atoms with Crippen LogP contribution in [0.1, 0.15) is 51.3 Å². The number of carbonyl (C=O) groups excluding carboxylic acids is 1. The number of aromatic nitrogens is 4. The average Bonchev–Trinajstić information content (AvgIpc) is 3.31. The van der Waals surface area contributed by atoms with Gasteiger partial charge >= 0.3 is 12.0 Å². The third kappa shape index (κ3) is 4.78. The van der Waals surface area contributed by atoms with Crippen molar-refractivity contribution in [3.63, 3.8) is 0 Å². The van der Waals surface area contributed by atoms with Gasteiger partial charge in [0.15, 0.2) is 5.82 Å². The predicted molar refractivity (Wildman–Crippen MR) is 94.2 cm³/mol. The first-order chi connectivity index (χ1) is 12.7. The largest absolute Gasteiger partial charge is 0.481 e. The van der Waals surface area contributed by atoms with Gasteiger partial charge in [0.2, 0.25) is 0 Å². The van der Waals surface area contributed by atoms with Gasteiger partial charge in [0, 0.05) is 23.6 Å². The minimum Gasteiger partial charge on any atom is -0.481 e. The van der Waals surface area contributed by atoms with E-state index in [0.717, 1.165) is 12.8 Å². The zero-order valence-corrected chi connectivity index (χ0v) is 15.1. The van der Waals surface area contributed by atoms with E-state index in [9.17, 15) is 14.0 Å². The summed E-state index contributed by atoms with van der Waals surface area (Å²) < 4.78 is 15.6. The Balaban J connectivity index is 1.71. The van der Waals surface area contributed by atoms with Gasteiger partial charge in [-0.25, -0.2) is 9.18 Å². The third-order valence-electron chi connectivity index (χ3n) is 4.28. The molecule has 3 N–H and O–H groups in total. The number of hydrogen-bond donors (Lipinski definition) is 3. The zero-order valence-electron chi connectivity index (χ0n) is 15.1. The number of benzene rings is 1. The number of tetrazole rings is 1. The number of aliphatic carboxylic acids is 1. The Hall–Kier alpha value is -3.04. The molecule has 1 saturated carbocycles. The van der Waals surface area contributed by atoms with Crippen LogP contribution in [0.2, 0.25) is 0 Å². The van der Waals surface area contributed by atoms with Crippen molar-refractivity contribution in [1.29, 1.82) is 0 Å². The summed E-state index contributed by atoms with van der Waals surface area (Å²) in [5.41, 5.74) is -0.180. The maximum Gasteiger partial charge on any atom is 0.319 e. The fourth-order valence-corrected chi connectivity index (χ4v) is 2.67. The van der Waals surface area contributed by atoms with Crippen LogP contribution in [0, 0.1) is 5.82 Å². The number of rotatable bonds is 7. The normalized spacial score (nSPS) is 14.0. The molecule has 10 heteroatoms. The summed E-state index contributed by atoms with van der Waals surface area (Å²) >= 11 is 0. The number of carboxylic acid groups (broad SMARTS) is 1. The number of nitrogens with one attached hydrogen (secondary N) is 2. The molecule has 1 heterocycles. The first kappa shape index (κ1) is 18.7. The van der Waals surface area contributed by atoms with E-state index in [0.29, 0.717) is 11.5 Å². The van der Waals surface area contributed by atoms with Crippen LogP contribution < -0.4 is 10.6 Å². The van der Waals surface area contributed by atoms with Crippen LogP contribution in [0.3, 0.4) is 0 Å². The summed E-state index contributed by atoms with van der Waals surface area (Å²) in [6.45, 7) is 3.46. The Bertz CT molecular complexity index is 862. The lowest BCUT2D eigenvalue weighted by Crippen LogP contribution is -2.45. The minimum atomic E-state index is -0.929. The van der Waals surface area contributed by atoms with Crippen molar-refractivity contribution < 1.29 is 19.1 Å². The Morgan fingerprint density at radius 3 is 2.78 bits per heavy atom. The lowest BCUT2D eigenvalue weighted by molar-refractivity contribution is -0.137. The zero-order chi connectivity index (χ0) is 19.6. The van der Waals surface area contributed by atoms with E-state index in [1.807, 2.05) is 0 Å². The van der Waals surface area contributed by atoms with Crippen molar-refractivity contribution in [3.8, 4) is 5.69 Å². The van der Waals surface area contributed by atoms with Crippen molar-refractivity contribution in [1.82, 2.24) is 25.5 Å². The molecule has 0 aliphatic heterocycles. The number of nitrogens with zero attached hydrogens (tertiary/aromatic N) is 4. The molecule has 3 rings (SSSR count). The first-order valence-corrected chi connectivity index (χ1v) is 8.64. The van der Waals surface area contributed by atoms with Gasteiger partial charge in [-0.05, 0) is 61.7 Å². The molecule has 0 saturated heterocycles. The van der Waals surface area contributed by atoms with Gasteiger partial charge in [-0.2, -0.15) is 4.68 Å². The molecular weight excluding hydrogens is 355 g/mol. The number of amides is 2.